The van der Waals surface area contributed by atoms with E-state index in [1.54, 1.807) is 24.7 Å². The highest BCUT2D eigenvalue weighted by molar-refractivity contribution is 6.01. The number of ether oxygens (including phenoxy) is 1. The first-order valence-electron chi connectivity index (χ1n) is 11.3. The average Bonchev–Trinajstić information content (AvgIpc) is 3.26. The molecule has 0 bridgehead atoms. The molecular weight excluding hydrogens is 418 g/mol. The van der Waals surface area contributed by atoms with Gasteiger partial charge in [0.25, 0.3) is 11.8 Å². The Morgan fingerprint density at radius 3 is 2.52 bits per heavy atom. The van der Waals surface area contributed by atoms with Crippen LogP contribution < -0.4 is 10.6 Å². The van der Waals surface area contributed by atoms with E-state index in [2.05, 4.69) is 20.6 Å². The minimum Gasteiger partial charge on any atom is -0.373 e. The lowest BCUT2D eigenvalue weighted by Gasteiger charge is -2.21. The van der Waals surface area contributed by atoms with Crippen LogP contribution in [0.1, 0.15) is 76.6 Å². The topological polar surface area (TPSA) is 98.1 Å². The summed E-state index contributed by atoms with van der Waals surface area (Å²) < 4.78 is 7.51. The fraction of sp³-hybridized carbons (Fsp3) is 0.360. The van der Waals surface area contributed by atoms with Crippen molar-refractivity contribution in [3.05, 3.63) is 83.2 Å². The number of rotatable bonds is 8. The Kier molecular flexibility index (Phi) is 7.14. The van der Waals surface area contributed by atoms with Crippen LogP contribution in [0.3, 0.4) is 0 Å². The second-order valence-corrected chi connectivity index (χ2v) is 8.00. The van der Waals surface area contributed by atoms with Gasteiger partial charge in [0.05, 0.1) is 48.4 Å². The minimum absolute atomic E-state index is 0.114. The fourth-order valence-corrected chi connectivity index (χ4v) is 4.16. The van der Waals surface area contributed by atoms with E-state index in [4.69, 9.17) is 4.74 Å². The Morgan fingerprint density at radius 1 is 1.06 bits per heavy atom. The summed E-state index contributed by atoms with van der Waals surface area (Å²) in [5, 5.41) is 6.17. The molecule has 2 amide bonds. The van der Waals surface area contributed by atoms with Crippen molar-refractivity contribution >= 4 is 11.8 Å². The minimum atomic E-state index is -0.267. The van der Waals surface area contributed by atoms with Gasteiger partial charge in [-0.3, -0.25) is 19.6 Å². The number of aromatic nitrogens is 3. The molecule has 0 fully saturated rings. The zero-order valence-corrected chi connectivity index (χ0v) is 19.0. The average molecular weight is 448 g/mol. The standard InChI is InChI=1S/C25H29N5O3/c1-3-19(17-8-6-5-7-9-17)28-24(31)18-14-22(30-12-13-33-16-23(18)30)25(32)29-20(4-2)21-15-26-10-11-27-21/h5-11,14-15,19-20H,3-4,12-13,16H2,1-2H3,(H,28,31)(H,29,32)/t19-,20-/m1/s1. The molecule has 8 heteroatoms. The highest BCUT2D eigenvalue weighted by Gasteiger charge is 2.28. The largest absolute Gasteiger partial charge is 0.373 e. The lowest BCUT2D eigenvalue weighted by atomic mass is 10.0. The molecule has 0 spiro atoms. The van der Waals surface area contributed by atoms with Crippen LogP contribution in [0.15, 0.2) is 55.0 Å². The van der Waals surface area contributed by atoms with E-state index in [9.17, 15) is 9.59 Å². The van der Waals surface area contributed by atoms with Crippen molar-refractivity contribution in [3.63, 3.8) is 0 Å². The molecule has 2 atom stereocenters. The molecule has 0 radical (unpaired) electrons. The van der Waals surface area contributed by atoms with Crippen LogP contribution in [-0.4, -0.2) is 33.0 Å². The molecular formula is C25H29N5O3. The molecule has 0 saturated heterocycles. The number of hydrogen-bond acceptors (Lipinski definition) is 5. The molecule has 8 nitrogen and oxygen atoms in total. The van der Waals surface area contributed by atoms with Gasteiger partial charge in [0.15, 0.2) is 0 Å². The van der Waals surface area contributed by atoms with Crippen molar-refractivity contribution < 1.29 is 14.3 Å². The SMILES string of the molecule is CC[C@@H](NC(=O)c1cc(C(=O)N[C@H](CC)c2cnccn2)n2c1COCC2)c1ccccc1. The van der Waals surface area contributed by atoms with Gasteiger partial charge in [-0.2, -0.15) is 0 Å². The van der Waals surface area contributed by atoms with Gasteiger partial charge in [-0.1, -0.05) is 44.2 Å². The third-order valence-corrected chi connectivity index (χ3v) is 5.95. The summed E-state index contributed by atoms with van der Waals surface area (Å²) in [4.78, 5) is 34.9. The van der Waals surface area contributed by atoms with E-state index in [0.717, 1.165) is 17.7 Å². The smallest absolute Gasteiger partial charge is 0.268 e. The summed E-state index contributed by atoms with van der Waals surface area (Å²) in [6.45, 7) is 5.32. The zero-order chi connectivity index (χ0) is 23.2. The van der Waals surface area contributed by atoms with Crippen molar-refractivity contribution in [2.45, 2.75) is 51.9 Å². The third-order valence-electron chi connectivity index (χ3n) is 5.95. The Bertz CT molecular complexity index is 1010. The van der Waals surface area contributed by atoms with E-state index < -0.39 is 0 Å². The monoisotopic (exact) mass is 447 g/mol. The highest BCUT2D eigenvalue weighted by Crippen LogP contribution is 2.24. The molecule has 33 heavy (non-hydrogen) atoms. The second kappa shape index (κ2) is 10.4. The predicted octanol–water partition coefficient (Wildman–Crippen LogP) is 3.57. The van der Waals surface area contributed by atoms with E-state index in [-0.39, 0.29) is 23.9 Å². The molecule has 4 rings (SSSR count). The molecule has 1 aromatic carbocycles. The number of hydrogen-bond donors (Lipinski definition) is 2. The van der Waals surface area contributed by atoms with Gasteiger partial charge in [0, 0.05) is 18.9 Å². The summed E-state index contributed by atoms with van der Waals surface area (Å²) in [5.41, 5.74) is 3.40. The normalized spacial score (nSPS) is 14.7. The van der Waals surface area contributed by atoms with Crippen LogP contribution in [0.5, 0.6) is 0 Å². The summed E-state index contributed by atoms with van der Waals surface area (Å²) in [6, 6.07) is 11.2. The van der Waals surface area contributed by atoms with Crippen molar-refractivity contribution in [1.29, 1.82) is 0 Å². The number of carbonyl (C=O) groups excluding carboxylic acids is 2. The molecule has 0 aliphatic carbocycles. The Labute approximate surface area is 193 Å². The second-order valence-electron chi connectivity index (χ2n) is 8.00. The zero-order valence-electron chi connectivity index (χ0n) is 19.0. The van der Waals surface area contributed by atoms with Gasteiger partial charge in [-0.05, 0) is 24.5 Å². The van der Waals surface area contributed by atoms with Crippen molar-refractivity contribution in [1.82, 2.24) is 25.2 Å². The van der Waals surface area contributed by atoms with Gasteiger partial charge in [-0.15, -0.1) is 0 Å². The van der Waals surface area contributed by atoms with E-state index >= 15 is 0 Å². The first-order valence-corrected chi connectivity index (χ1v) is 11.3. The molecule has 3 aromatic rings. The van der Waals surface area contributed by atoms with Crippen LogP contribution in [0.2, 0.25) is 0 Å². The first kappa shape index (κ1) is 22.7. The third kappa shape index (κ3) is 4.96. The van der Waals surface area contributed by atoms with E-state index in [0.29, 0.717) is 43.1 Å². The quantitative estimate of drug-likeness (QED) is 0.550. The lowest BCUT2D eigenvalue weighted by molar-refractivity contribution is 0.0773. The molecule has 1 aliphatic heterocycles. The maximum atomic E-state index is 13.3. The number of nitrogens with zero attached hydrogens (tertiary/aromatic N) is 3. The molecule has 3 heterocycles. The van der Waals surface area contributed by atoms with Crippen molar-refractivity contribution in [2.75, 3.05) is 6.61 Å². The van der Waals surface area contributed by atoms with Crippen LogP contribution in [-0.2, 0) is 17.9 Å². The van der Waals surface area contributed by atoms with Crippen molar-refractivity contribution in [3.8, 4) is 0 Å². The summed E-state index contributed by atoms with van der Waals surface area (Å²) >= 11 is 0. The molecule has 172 valence electrons. The van der Waals surface area contributed by atoms with Crippen molar-refractivity contribution in [2.24, 2.45) is 0 Å². The molecule has 2 aromatic heterocycles. The Morgan fingerprint density at radius 2 is 1.82 bits per heavy atom. The van der Waals surface area contributed by atoms with E-state index in [1.807, 2.05) is 48.7 Å². The van der Waals surface area contributed by atoms with Gasteiger partial charge >= 0.3 is 0 Å². The fourth-order valence-electron chi connectivity index (χ4n) is 4.16. The van der Waals surface area contributed by atoms with Crippen LogP contribution in [0.25, 0.3) is 0 Å². The van der Waals surface area contributed by atoms with Gasteiger partial charge in [0.1, 0.15) is 5.69 Å². The highest BCUT2D eigenvalue weighted by atomic mass is 16.5. The number of fused-ring (bicyclic) bond motifs is 1. The Hall–Kier alpha value is -3.52. The maximum absolute atomic E-state index is 13.3. The number of benzene rings is 1. The van der Waals surface area contributed by atoms with Crippen LogP contribution in [0.4, 0.5) is 0 Å². The lowest BCUT2D eigenvalue weighted by Crippen LogP contribution is -2.32. The summed E-state index contributed by atoms with van der Waals surface area (Å²) in [6.07, 6.45) is 6.30. The molecule has 0 saturated carbocycles. The summed E-state index contributed by atoms with van der Waals surface area (Å²) in [5.74, 6) is -0.454. The van der Waals surface area contributed by atoms with E-state index in [1.165, 1.54) is 0 Å². The van der Waals surface area contributed by atoms with Crippen LogP contribution in [0, 0.1) is 0 Å². The van der Waals surface area contributed by atoms with Crippen LogP contribution >= 0.6 is 0 Å². The number of carbonyl (C=O) groups is 2. The molecule has 0 unspecified atom stereocenters. The number of amides is 2. The summed E-state index contributed by atoms with van der Waals surface area (Å²) in [7, 11) is 0. The number of nitrogens with one attached hydrogen (secondary N) is 2. The predicted molar refractivity (Wildman–Crippen MR) is 124 cm³/mol. The first-order chi connectivity index (χ1) is 16.1. The van der Waals surface area contributed by atoms with Gasteiger partial charge < -0.3 is 19.9 Å². The maximum Gasteiger partial charge on any atom is 0.268 e. The molecule has 1 aliphatic rings. The van der Waals surface area contributed by atoms with Gasteiger partial charge in [-0.25, -0.2) is 0 Å². The Balaban J connectivity index is 1.58. The van der Waals surface area contributed by atoms with Gasteiger partial charge in [0.2, 0.25) is 0 Å². The molecule has 2 N–H and O–H groups in total.